The van der Waals surface area contributed by atoms with Gasteiger partial charge in [-0.05, 0) is 52.7 Å². The minimum atomic E-state index is -0.802. The third kappa shape index (κ3) is 5.99. The molecule has 0 saturated heterocycles. The van der Waals surface area contributed by atoms with Crippen molar-refractivity contribution in [3.05, 3.63) is 80.7 Å². The van der Waals surface area contributed by atoms with E-state index in [1.807, 2.05) is 0 Å². The maximum atomic E-state index is 13.3. The highest BCUT2D eigenvalue weighted by molar-refractivity contribution is 9.10. The fourth-order valence-corrected chi connectivity index (χ4v) is 3.91. The molecule has 0 atom stereocenters. The standard InChI is InChI=1S/C22H19BrCl2N6O4/c1-4-8-30(22(34)35-3)29-20(32)14-10-13(24)9-12(2)18(14)27-21(33)16-11-17(23)28-31(16)19-15(25)6-5-7-26-19/h4-7,9-11H,1,8H2,2-3H3,(H,27,33)(H,29,32). The predicted molar refractivity (Wildman–Crippen MR) is 135 cm³/mol. The number of nitrogens with one attached hydrogen (secondary N) is 2. The van der Waals surface area contributed by atoms with E-state index in [9.17, 15) is 14.4 Å². The molecule has 3 amide bonds. The molecule has 0 unspecified atom stereocenters. The Balaban J connectivity index is 1.98. The van der Waals surface area contributed by atoms with Crippen molar-refractivity contribution in [2.24, 2.45) is 0 Å². The zero-order valence-corrected chi connectivity index (χ0v) is 21.6. The largest absolute Gasteiger partial charge is 0.452 e. The number of ether oxygens (including phenoxy) is 1. The first kappa shape index (κ1) is 26.2. The number of hydrogen-bond acceptors (Lipinski definition) is 6. The molecule has 0 saturated carbocycles. The van der Waals surface area contributed by atoms with Gasteiger partial charge in [-0.25, -0.2) is 19.5 Å². The lowest BCUT2D eigenvalue weighted by Gasteiger charge is -2.22. The zero-order valence-electron chi connectivity index (χ0n) is 18.5. The van der Waals surface area contributed by atoms with Gasteiger partial charge in [-0.1, -0.05) is 29.3 Å². The second-order valence-electron chi connectivity index (χ2n) is 6.98. The Morgan fingerprint density at radius 2 is 2.00 bits per heavy atom. The van der Waals surface area contributed by atoms with Crippen molar-refractivity contribution >= 4 is 62.7 Å². The van der Waals surface area contributed by atoms with Crippen LogP contribution in [0, 0.1) is 6.92 Å². The van der Waals surface area contributed by atoms with Crippen LogP contribution in [0.5, 0.6) is 0 Å². The second kappa shape index (κ2) is 11.3. The normalized spacial score (nSPS) is 10.4. The highest BCUT2D eigenvalue weighted by Crippen LogP contribution is 2.28. The molecule has 182 valence electrons. The van der Waals surface area contributed by atoms with Crippen LogP contribution in [0.4, 0.5) is 10.5 Å². The summed E-state index contributed by atoms with van der Waals surface area (Å²) in [6, 6.07) is 7.69. The predicted octanol–water partition coefficient (Wildman–Crippen LogP) is 4.80. The number of anilines is 1. The summed E-state index contributed by atoms with van der Waals surface area (Å²) in [5, 5.41) is 8.44. The Bertz CT molecular complexity index is 1310. The van der Waals surface area contributed by atoms with Crippen molar-refractivity contribution in [1.29, 1.82) is 0 Å². The van der Waals surface area contributed by atoms with E-state index in [1.165, 1.54) is 36.2 Å². The molecule has 2 heterocycles. The van der Waals surface area contributed by atoms with Gasteiger partial charge in [-0.2, -0.15) is 5.10 Å². The Labute approximate surface area is 219 Å². The number of methoxy groups -OCH3 is 1. The van der Waals surface area contributed by atoms with Gasteiger partial charge in [0.2, 0.25) is 0 Å². The van der Waals surface area contributed by atoms with Gasteiger partial charge in [0, 0.05) is 17.3 Å². The van der Waals surface area contributed by atoms with Crippen LogP contribution < -0.4 is 10.7 Å². The first-order valence-corrected chi connectivity index (χ1v) is 11.5. The molecule has 2 aromatic heterocycles. The third-order valence-corrected chi connectivity index (χ3v) is 5.48. The average Bonchev–Trinajstić information content (AvgIpc) is 3.21. The van der Waals surface area contributed by atoms with E-state index in [2.05, 4.69) is 48.1 Å². The maximum Gasteiger partial charge on any atom is 0.428 e. The van der Waals surface area contributed by atoms with Crippen LogP contribution in [-0.4, -0.2) is 51.3 Å². The summed E-state index contributed by atoms with van der Waals surface area (Å²) < 4.78 is 6.31. The highest BCUT2D eigenvalue weighted by Gasteiger charge is 2.24. The van der Waals surface area contributed by atoms with Crippen molar-refractivity contribution in [3.63, 3.8) is 0 Å². The van der Waals surface area contributed by atoms with E-state index in [-0.39, 0.29) is 39.4 Å². The molecule has 10 nitrogen and oxygen atoms in total. The molecule has 3 aromatic rings. The summed E-state index contributed by atoms with van der Waals surface area (Å²) in [5.74, 6) is -1.06. The molecule has 0 aliphatic carbocycles. The van der Waals surface area contributed by atoms with Crippen LogP contribution in [0.25, 0.3) is 5.82 Å². The summed E-state index contributed by atoms with van der Waals surface area (Å²) in [7, 11) is 1.18. The number of halogens is 3. The van der Waals surface area contributed by atoms with Gasteiger partial charge < -0.3 is 10.1 Å². The molecule has 2 N–H and O–H groups in total. The van der Waals surface area contributed by atoms with Crippen LogP contribution in [0.15, 0.2) is 53.8 Å². The van der Waals surface area contributed by atoms with Gasteiger partial charge in [-0.3, -0.25) is 15.0 Å². The Morgan fingerprint density at radius 3 is 2.66 bits per heavy atom. The van der Waals surface area contributed by atoms with Gasteiger partial charge in [-0.15, -0.1) is 6.58 Å². The van der Waals surface area contributed by atoms with E-state index in [4.69, 9.17) is 23.2 Å². The molecule has 35 heavy (non-hydrogen) atoms. The number of carbonyl (C=O) groups excluding carboxylic acids is 3. The summed E-state index contributed by atoms with van der Waals surface area (Å²) in [4.78, 5) is 42.5. The molecular weight excluding hydrogens is 563 g/mol. The lowest BCUT2D eigenvalue weighted by atomic mass is 10.1. The first-order valence-electron chi connectivity index (χ1n) is 9.91. The molecule has 3 rings (SSSR count). The summed E-state index contributed by atoms with van der Waals surface area (Å²) in [6.07, 6.45) is 2.12. The van der Waals surface area contributed by atoms with Crippen LogP contribution in [0.3, 0.4) is 0 Å². The highest BCUT2D eigenvalue weighted by atomic mass is 79.9. The minimum Gasteiger partial charge on any atom is -0.452 e. The Morgan fingerprint density at radius 1 is 1.26 bits per heavy atom. The third-order valence-electron chi connectivity index (χ3n) is 4.58. The smallest absolute Gasteiger partial charge is 0.428 e. The fourth-order valence-electron chi connectivity index (χ4n) is 3.06. The van der Waals surface area contributed by atoms with E-state index in [0.29, 0.717) is 10.2 Å². The molecule has 0 bridgehead atoms. The molecule has 0 spiro atoms. The molecular formula is C22H19BrCl2N6O4. The van der Waals surface area contributed by atoms with Crippen LogP contribution >= 0.6 is 39.1 Å². The number of aromatic nitrogens is 3. The van der Waals surface area contributed by atoms with Crippen molar-refractivity contribution < 1.29 is 19.1 Å². The van der Waals surface area contributed by atoms with Crippen LogP contribution in [0.1, 0.15) is 26.4 Å². The number of amides is 3. The average molecular weight is 582 g/mol. The molecule has 0 fully saturated rings. The number of pyridine rings is 1. The van der Waals surface area contributed by atoms with Crippen LogP contribution in [0.2, 0.25) is 10.0 Å². The van der Waals surface area contributed by atoms with Gasteiger partial charge in [0.1, 0.15) is 10.3 Å². The van der Waals surface area contributed by atoms with Gasteiger partial charge in [0.25, 0.3) is 11.8 Å². The van der Waals surface area contributed by atoms with Crippen molar-refractivity contribution in [3.8, 4) is 5.82 Å². The van der Waals surface area contributed by atoms with Crippen LogP contribution in [-0.2, 0) is 4.74 Å². The number of rotatable bonds is 6. The van der Waals surface area contributed by atoms with Gasteiger partial charge in [0.15, 0.2) is 5.82 Å². The maximum absolute atomic E-state index is 13.3. The monoisotopic (exact) mass is 580 g/mol. The van der Waals surface area contributed by atoms with E-state index in [0.717, 1.165) is 5.01 Å². The first-order chi connectivity index (χ1) is 16.7. The Kier molecular flexibility index (Phi) is 8.49. The summed E-state index contributed by atoms with van der Waals surface area (Å²) in [5.41, 5.74) is 3.22. The van der Waals surface area contributed by atoms with E-state index < -0.39 is 17.9 Å². The molecule has 1 aromatic carbocycles. The van der Waals surface area contributed by atoms with Crippen molar-refractivity contribution in [1.82, 2.24) is 25.2 Å². The van der Waals surface area contributed by atoms with Gasteiger partial charge in [0.05, 0.1) is 29.9 Å². The molecule has 0 radical (unpaired) electrons. The quantitative estimate of drug-likeness (QED) is 0.319. The minimum absolute atomic E-state index is 0.0160. The fraction of sp³-hybridized carbons (Fsp3) is 0.136. The topological polar surface area (TPSA) is 118 Å². The zero-order chi connectivity index (χ0) is 25.7. The number of hydrazine groups is 1. The number of carbonyl (C=O) groups is 3. The van der Waals surface area contributed by atoms with Crippen molar-refractivity contribution in [2.75, 3.05) is 19.0 Å². The molecule has 0 aliphatic rings. The second-order valence-corrected chi connectivity index (χ2v) is 8.64. The number of nitrogens with zero attached hydrogens (tertiary/aromatic N) is 4. The van der Waals surface area contributed by atoms with Crippen molar-refractivity contribution in [2.45, 2.75) is 6.92 Å². The summed E-state index contributed by atoms with van der Waals surface area (Å²) in [6.45, 7) is 5.21. The number of hydrogen-bond donors (Lipinski definition) is 2. The van der Waals surface area contributed by atoms with E-state index in [1.54, 1.807) is 25.1 Å². The number of benzene rings is 1. The Hall–Kier alpha value is -3.41. The summed E-state index contributed by atoms with van der Waals surface area (Å²) >= 11 is 15.7. The lowest BCUT2D eigenvalue weighted by molar-refractivity contribution is 0.0737. The SMILES string of the molecule is C=CCN(NC(=O)c1cc(Cl)cc(C)c1NC(=O)c1cc(Br)nn1-c1ncccc1Cl)C(=O)OC. The van der Waals surface area contributed by atoms with Gasteiger partial charge >= 0.3 is 6.09 Å². The van der Waals surface area contributed by atoms with E-state index >= 15 is 0 Å². The molecule has 13 heteroatoms. The molecule has 0 aliphatic heterocycles. The number of aryl methyl sites for hydroxylation is 1. The lowest BCUT2D eigenvalue weighted by Crippen LogP contribution is -2.46.